The summed E-state index contributed by atoms with van der Waals surface area (Å²) in [5, 5.41) is 13.2. The van der Waals surface area contributed by atoms with E-state index in [0.717, 1.165) is 34.1 Å². The van der Waals surface area contributed by atoms with Crippen molar-refractivity contribution >= 4 is 137 Å². The average Bonchev–Trinajstić information content (AvgIpc) is 0.717. The van der Waals surface area contributed by atoms with E-state index in [9.17, 15) is 0 Å². The molecule has 3 heterocycles. The Morgan fingerprint density at radius 3 is 1.10 bits per heavy atom. The Morgan fingerprint density at radius 2 is 0.622 bits per heavy atom. The molecular formula is C84H60BN3Si2. The maximum absolute atomic E-state index is 3.06. The van der Waals surface area contributed by atoms with Gasteiger partial charge >= 0.3 is 0 Å². The summed E-state index contributed by atoms with van der Waals surface area (Å²) in [5.74, 6) is 0. The zero-order chi connectivity index (χ0) is 59.6. The summed E-state index contributed by atoms with van der Waals surface area (Å²) >= 11 is 0. The van der Waals surface area contributed by atoms with Crippen LogP contribution in [0, 0.1) is 0 Å². The van der Waals surface area contributed by atoms with Crippen molar-refractivity contribution in [3.63, 3.8) is 0 Å². The molecule has 2 aliphatic rings. The van der Waals surface area contributed by atoms with Crippen molar-refractivity contribution in [1.29, 1.82) is 0 Å². The minimum atomic E-state index is -3.06. The molecule has 6 heteroatoms. The van der Waals surface area contributed by atoms with Gasteiger partial charge in [0.25, 0.3) is 6.71 Å². The van der Waals surface area contributed by atoms with Gasteiger partial charge in [0.15, 0.2) is 16.1 Å². The van der Waals surface area contributed by atoms with E-state index in [1.165, 1.54) is 96.5 Å². The molecule has 0 N–H and O–H groups in total. The van der Waals surface area contributed by atoms with Gasteiger partial charge in [-0.2, -0.15) is 0 Å². The van der Waals surface area contributed by atoms with E-state index in [1.807, 2.05) is 0 Å². The molecule has 0 amide bonds. The highest BCUT2D eigenvalue weighted by Crippen LogP contribution is 2.48. The maximum Gasteiger partial charge on any atom is 0.252 e. The standard InChI is InChI=1S/C84H60BN3Si2/c1-9-30-61(31-10-1)73-48-29-49-76-84(73)88(62-32-11-2-12-33-62)82-59-64(87-78-50-27-25-46-74(78)75-47-26-28-51-79(75)87)58-81-83(82)85(76)77-60-72(90(68-40-19-6-20-41-68,69-42-21-7-22-43-69)70-44-23-8-24-45-70)56-57-80(77)86(81)63-52-54-71(55-53-63)89(65-34-13-3-14-35-65,66-36-15-4-16-37-66)67-38-17-5-18-39-67/h1-60H. The average molecular weight is 1180 g/mol. The molecule has 0 bridgehead atoms. The molecular weight excluding hydrogens is 1120 g/mol. The van der Waals surface area contributed by atoms with Crippen LogP contribution in [0.25, 0.3) is 38.6 Å². The van der Waals surface area contributed by atoms with E-state index in [1.54, 1.807) is 0 Å². The Balaban J connectivity index is 1.01. The normalized spacial score (nSPS) is 12.6. The Labute approximate surface area is 528 Å². The van der Waals surface area contributed by atoms with Crippen molar-refractivity contribution in [1.82, 2.24) is 4.57 Å². The van der Waals surface area contributed by atoms with Crippen molar-refractivity contribution < 1.29 is 0 Å². The maximum atomic E-state index is 2.66. The zero-order valence-electron chi connectivity index (χ0n) is 49.6. The Bertz CT molecular complexity index is 4860. The lowest BCUT2D eigenvalue weighted by Crippen LogP contribution is -2.75. The van der Waals surface area contributed by atoms with Crippen molar-refractivity contribution in [2.45, 2.75) is 0 Å². The smallest absolute Gasteiger partial charge is 0.252 e. The van der Waals surface area contributed by atoms with Gasteiger partial charge < -0.3 is 14.4 Å². The number of rotatable bonds is 12. The first-order chi connectivity index (χ1) is 44.7. The molecule has 0 saturated heterocycles. The third-order valence-corrected chi connectivity index (χ3v) is 28.8. The monoisotopic (exact) mass is 1180 g/mol. The fourth-order valence-electron chi connectivity index (χ4n) is 15.6. The first kappa shape index (κ1) is 53.2. The van der Waals surface area contributed by atoms with Crippen LogP contribution >= 0.6 is 0 Å². The molecule has 14 aromatic carbocycles. The van der Waals surface area contributed by atoms with Crippen LogP contribution in [0.15, 0.2) is 364 Å². The van der Waals surface area contributed by atoms with E-state index in [2.05, 4.69) is 378 Å². The second-order valence-electron chi connectivity index (χ2n) is 23.8. The van der Waals surface area contributed by atoms with E-state index in [-0.39, 0.29) is 6.71 Å². The fraction of sp³-hybridized carbons (Fsp3) is 0. The molecule has 17 rings (SSSR count). The third kappa shape index (κ3) is 8.26. The summed E-state index contributed by atoms with van der Waals surface area (Å²) < 4.78 is 2.51. The third-order valence-electron chi connectivity index (χ3n) is 19.2. The Morgan fingerprint density at radius 1 is 0.244 bits per heavy atom. The van der Waals surface area contributed by atoms with E-state index >= 15 is 0 Å². The molecule has 0 atom stereocenters. The number of hydrogen-bond acceptors (Lipinski definition) is 2. The Hall–Kier alpha value is -11.0. The summed E-state index contributed by atoms with van der Waals surface area (Å²) in [7, 11) is -5.96. The predicted octanol–water partition coefficient (Wildman–Crippen LogP) is 13.3. The molecule has 0 unspecified atom stereocenters. The molecule has 0 fully saturated rings. The number of hydrogen-bond donors (Lipinski definition) is 0. The summed E-state index contributed by atoms with van der Waals surface area (Å²) in [5.41, 5.74) is 16.4. The molecule has 2 aliphatic heterocycles. The highest BCUT2D eigenvalue weighted by molar-refractivity contribution is 7.20. The molecule has 1 aromatic heterocycles. The second kappa shape index (κ2) is 22.0. The predicted molar refractivity (Wildman–Crippen MR) is 387 cm³/mol. The first-order valence-corrected chi connectivity index (χ1v) is 35.3. The van der Waals surface area contributed by atoms with Gasteiger partial charge in [-0.15, -0.1) is 0 Å². The molecule has 0 radical (unpaired) electrons. The molecule has 0 saturated carbocycles. The lowest BCUT2D eigenvalue weighted by atomic mass is 9.33. The van der Waals surface area contributed by atoms with Crippen LogP contribution < -0.4 is 67.7 Å². The highest BCUT2D eigenvalue weighted by Gasteiger charge is 2.48. The number of fused-ring (bicyclic) bond motifs is 7. The lowest BCUT2D eigenvalue weighted by molar-refractivity contribution is 1.16. The Kier molecular flexibility index (Phi) is 13.0. The molecule has 3 nitrogen and oxygen atoms in total. The van der Waals surface area contributed by atoms with E-state index in [4.69, 9.17) is 0 Å². The minimum absolute atomic E-state index is 0.186. The van der Waals surface area contributed by atoms with E-state index in [0.29, 0.717) is 0 Å². The van der Waals surface area contributed by atoms with Gasteiger partial charge in [-0.25, -0.2) is 0 Å². The molecule has 0 spiro atoms. The second-order valence-corrected chi connectivity index (χ2v) is 31.5. The molecule has 90 heavy (non-hydrogen) atoms. The highest BCUT2D eigenvalue weighted by atomic mass is 28.3. The SMILES string of the molecule is c1ccc(-c2cccc3c2N(c2ccccc2)c2cc(-n4c5ccccc5c5ccccc54)cc4c2B3c2cc([Si](c3ccccc3)(c3ccccc3)c3ccccc3)ccc2N4c2ccc([Si](c3ccccc3)(c3ccccc3)c3ccccc3)cc2)cc1. The van der Waals surface area contributed by atoms with Crippen molar-refractivity contribution in [3.8, 4) is 16.8 Å². The zero-order valence-corrected chi connectivity index (χ0v) is 51.6. The number of anilines is 6. The van der Waals surface area contributed by atoms with Crippen LogP contribution in [0.5, 0.6) is 0 Å². The van der Waals surface area contributed by atoms with Gasteiger partial charge in [-0.3, -0.25) is 0 Å². The van der Waals surface area contributed by atoms with Gasteiger partial charge in [-0.05, 0) is 118 Å². The number of nitrogens with zero attached hydrogens (tertiary/aromatic N) is 3. The fourth-order valence-corrected chi connectivity index (χ4v) is 25.1. The van der Waals surface area contributed by atoms with Gasteiger partial charge in [0.1, 0.15) is 0 Å². The van der Waals surface area contributed by atoms with Crippen molar-refractivity contribution in [3.05, 3.63) is 364 Å². The van der Waals surface area contributed by atoms with Crippen LogP contribution in [-0.2, 0) is 0 Å². The van der Waals surface area contributed by atoms with Gasteiger partial charge in [-0.1, -0.05) is 309 Å². The summed E-state index contributed by atoms with van der Waals surface area (Å²) in [6.45, 7) is -0.186. The van der Waals surface area contributed by atoms with Crippen LogP contribution in [-0.4, -0.2) is 27.4 Å². The van der Waals surface area contributed by atoms with Crippen molar-refractivity contribution in [2.75, 3.05) is 9.80 Å². The van der Waals surface area contributed by atoms with Gasteiger partial charge in [0, 0.05) is 50.5 Å². The topological polar surface area (TPSA) is 11.4 Å². The van der Waals surface area contributed by atoms with Crippen LogP contribution in [0.3, 0.4) is 0 Å². The van der Waals surface area contributed by atoms with Gasteiger partial charge in [0.05, 0.1) is 16.7 Å². The number of aromatic nitrogens is 1. The number of para-hydroxylation sites is 4. The molecule has 0 aliphatic carbocycles. The summed E-state index contributed by atoms with van der Waals surface area (Å²) in [6, 6.07) is 138. The largest absolute Gasteiger partial charge is 0.311 e. The lowest BCUT2D eigenvalue weighted by Gasteiger charge is -2.46. The van der Waals surface area contributed by atoms with Crippen LogP contribution in [0.4, 0.5) is 34.1 Å². The van der Waals surface area contributed by atoms with Crippen LogP contribution in [0.2, 0.25) is 0 Å². The number of benzene rings is 14. The summed E-state index contributed by atoms with van der Waals surface area (Å²) in [6.07, 6.45) is 0. The molecule has 15 aromatic rings. The van der Waals surface area contributed by atoms with Crippen LogP contribution in [0.1, 0.15) is 0 Å². The first-order valence-electron chi connectivity index (χ1n) is 31.3. The van der Waals surface area contributed by atoms with Crippen molar-refractivity contribution in [2.24, 2.45) is 0 Å². The summed E-state index contributed by atoms with van der Waals surface area (Å²) in [4.78, 5) is 5.22. The molecule has 422 valence electrons. The quantitative estimate of drug-likeness (QED) is 0.0892. The minimum Gasteiger partial charge on any atom is -0.311 e. The van der Waals surface area contributed by atoms with E-state index < -0.39 is 16.1 Å². The van der Waals surface area contributed by atoms with Gasteiger partial charge in [0.2, 0.25) is 0 Å².